The van der Waals surface area contributed by atoms with Crippen molar-refractivity contribution in [3.8, 4) is 0 Å². The number of piperazine rings is 1. The van der Waals surface area contributed by atoms with Crippen LogP contribution in [0.3, 0.4) is 0 Å². The molecule has 15 heteroatoms. The number of fused-ring (bicyclic) bond motifs is 10. The molecular formula is C58H83N3O12. The molecule has 3 heterocycles. The molecule has 1 aliphatic heterocycles. The highest BCUT2D eigenvalue weighted by atomic mass is 16.6. The fourth-order valence-electron chi connectivity index (χ4n) is 18.5. The molecule has 2 amide bonds. The summed E-state index contributed by atoms with van der Waals surface area (Å²) in [4.78, 5) is 60.5. The molecule has 9 aliphatic rings. The van der Waals surface area contributed by atoms with Crippen LogP contribution in [0, 0.1) is 57.2 Å². The molecule has 0 radical (unpaired) electrons. The van der Waals surface area contributed by atoms with E-state index in [1.807, 2.05) is 17.0 Å². The molecule has 5 N–H and O–H groups in total. The van der Waals surface area contributed by atoms with Crippen LogP contribution in [-0.4, -0.2) is 94.5 Å². The van der Waals surface area contributed by atoms with Gasteiger partial charge in [-0.2, -0.15) is 0 Å². The molecule has 11 rings (SSSR count). The Labute approximate surface area is 430 Å². The Morgan fingerprint density at radius 3 is 1.60 bits per heavy atom. The van der Waals surface area contributed by atoms with Crippen molar-refractivity contribution >= 4 is 18.2 Å². The molecule has 0 aromatic carbocycles. The van der Waals surface area contributed by atoms with Gasteiger partial charge in [0.15, 0.2) is 0 Å². The lowest BCUT2D eigenvalue weighted by Gasteiger charge is -2.63. The number of carbonyl (C=O) groups excluding carboxylic acids is 2. The van der Waals surface area contributed by atoms with Crippen molar-refractivity contribution < 1.29 is 48.0 Å². The molecule has 2 aromatic rings. The van der Waals surface area contributed by atoms with Gasteiger partial charge in [0.1, 0.15) is 12.2 Å². The average molecular weight is 1010 g/mol. The van der Waals surface area contributed by atoms with Crippen LogP contribution in [0.15, 0.2) is 55.2 Å². The molecule has 0 spiro atoms. The highest BCUT2D eigenvalue weighted by molar-refractivity contribution is 5.68. The van der Waals surface area contributed by atoms with E-state index in [0.717, 1.165) is 153 Å². The second-order valence-corrected chi connectivity index (χ2v) is 25.4. The molecule has 2 aromatic heterocycles. The van der Waals surface area contributed by atoms with E-state index in [1.165, 1.54) is 12.1 Å². The maximum absolute atomic E-state index is 12.7. The van der Waals surface area contributed by atoms with Crippen LogP contribution in [0.5, 0.6) is 0 Å². The number of nitrogens with one attached hydrogen (secondary N) is 2. The first kappa shape index (κ1) is 52.2. The number of carboxylic acids is 1. The molecular weight excluding hydrogens is 931 g/mol. The van der Waals surface area contributed by atoms with Gasteiger partial charge in [0.05, 0.1) is 23.7 Å². The van der Waals surface area contributed by atoms with E-state index in [9.17, 15) is 34.2 Å². The minimum atomic E-state index is -0.869. The monoisotopic (exact) mass is 1010 g/mol. The van der Waals surface area contributed by atoms with Crippen LogP contribution >= 0.6 is 0 Å². The van der Waals surface area contributed by atoms with E-state index in [-0.39, 0.29) is 75.4 Å². The van der Waals surface area contributed by atoms with E-state index in [2.05, 4.69) is 38.3 Å². The Morgan fingerprint density at radius 2 is 1.14 bits per heavy atom. The number of hydrogen-bond donors (Lipinski definition) is 5. The van der Waals surface area contributed by atoms with Crippen LogP contribution < -0.4 is 21.9 Å². The first-order chi connectivity index (χ1) is 34.8. The number of aliphatic hydroxyl groups is 2. The first-order valence-corrected chi connectivity index (χ1v) is 28.3. The van der Waals surface area contributed by atoms with Gasteiger partial charge < -0.3 is 49.2 Å². The van der Waals surface area contributed by atoms with Crippen LogP contribution in [0.1, 0.15) is 179 Å². The van der Waals surface area contributed by atoms with Gasteiger partial charge in [-0.15, -0.1) is 0 Å². The Kier molecular flexibility index (Phi) is 14.4. The molecule has 1 saturated heterocycles. The van der Waals surface area contributed by atoms with Gasteiger partial charge in [-0.25, -0.2) is 19.2 Å². The molecule has 402 valence electrons. The number of hydrogen-bond acceptors (Lipinski definition) is 12. The van der Waals surface area contributed by atoms with E-state index >= 15 is 0 Å². The van der Waals surface area contributed by atoms with E-state index < -0.39 is 23.3 Å². The minimum Gasteiger partial charge on any atom is -0.481 e. The third-order valence-electron chi connectivity index (χ3n) is 22.6. The largest absolute Gasteiger partial charge is 0.481 e. The van der Waals surface area contributed by atoms with Crippen molar-refractivity contribution in [2.45, 2.75) is 191 Å². The summed E-state index contributed by atoms with van der Waals surface area (Å²) in [6.07, 6.45) is 20.3. The number of carbonyl (C=O) groups is 3. The van der Waals surface area contributed by atoms with Gasteiger partial charge in [0.2, 0.25) is 0 Å². The average Bonchev–Trinajstić information content (AvgIpc) is 3.82. The topological polar surface area (TPSA) is 218 Å². The normalized spacial score (nSPS) is 42.5. The van der Waals surface area contributed by atoms with Gasteiger partial charge in [-0.1, -0.05) is 27.7 Å². The third kappa shape index (κ3) is 9.18. The Bertz CT molecular complexity index is 2430. The second kappa shape index (κ2) is 20.1. The van der Waals surface area contributed by atoms with Crippen molar-refractivity contribution in [2.24, 2.45) is 57.2 Å². The van der Waals surface area contributed by atoms with E-state index in [4.69, 9.17) is 23.4 Å². The van der Waals surface area contributed by atoms with Crippen molar-refractivity contribution in [3.05, 3.63) is 68.8 Å². The van der Waals surface area contributed by atoms with Crippen LogP contribution in [0.2, 0.25) is 0 Å². The zero-order valence-corrected chi connectivity index (χ0v) is 43.9. The molecule has 8 aliphatic carbocycles. The van der Waals surface area contributed by atoms with Crippen LogP contribution in [0.4, 0.5) is 9.59 Å². The third-order valence-corrected chi connectivity index (χ3v) is 22.6. The summed E-state index contributed by atoms with van der Waals surface area (Å²) in [5.74, 6) is 2.05. The molecule has 0 bridgehead atoms. The number of aliphatic carboxylic acids is 1. The number of rotatable bonds is 8. The maximum Gasteiger partial charge on any atom is 0.410 e. The summed E-state index contributed by atoms with van der Waals surface area (Å²) < 4.78 is 22.2. The lowest BCUT2D eigenvalue weighted by Crippen LogP contribution is -2.62. The van der Waals surface area contributed by atoms with E-state index in [0.29, 0.717) is 42.6 Å². The predicted octanol–water partition coefficient (Wildman–Crippen LogP) is 9.13. The first-order valence-electron chi connectivity index (χ1n) is 28.3. The number of ether oxygens (including phenoxy) is 2. The quantitative estimate of drug-likeness (QED) is 0.156. The summed E-state index contributed by atoms with van der Waals surface area (Å²) in [5, 5.41) is 39.5. The van der Waals surface area contributed by atoms with Gasteiger partial charge in [0.25, 0.3) is 0 Å². The number of nitrogens with zero attached hydrogens (tertiary/aromatic N) is 1. The Balaban J connectivity index is 0.000000168. The van der Waals surface area contributed by atoms with Crippen molar-refractivity contribution in [3.63, 3.8) is 0 Å². The standard InChI is InChI=1S/C29H42N2O5.C29H41NO7/c1-27-10-7-21(36-26(33)31-15-13-30-14-16-31)17-20(27)4-5-24-23(27)8-11-28(2)22(9-12-29(24,28)34)19-3-6-25(32)35-18-19;1-27-12-9-20(37-26(34)30-15-3-4-24(31)32)16-19(27)6-7-23-22(27)10-13-28(2)21(11-14-29(23,28)35)18-5-8-25(33)36-17-18/h3,6,18,20-24,30,34H,4-5,7-17H2,1-2H3;5,8,17,19-23,35H,3-4,6-7,9-16H2,1-2H3,(H,30,34)(H,31,32)/t20-,21+,22-,23+,24-,27+,28-,29+;19-,20+,21?,22+,23-,27+,28-,29+/m11/s1. The molecule has 8 saturated carbocycles. The lowest BCUT2D eigenvalue weighted by atomic mass is 9.43. The van der Waals surface area contributed by atoms with Gasteiger partial charge in [-0.05, 0) is 203 Å². The summed E-state index contributed by atoms with van der Waals surface area (Å²) in [6, 6.07) is 6.79. The zero-order chi connectivity index (χ0) is 51.6. The van der Waals surface area contributed by atoms with Crippen molar-refractivity contribution in [1.82, 2.24) is 15.5 Å². The molecule has 15 nitrogen and oxygen atoms in total. The van der Waals surface area contributed by atoms with Crippen LogP contribution in [-0.2, 0) is 14.3 Å². The lowest BCUT2D eigenvalue weighted by molar-refractivity contribution is -0.205. The number of carboxylic acid groups (broad SMARTS) is 1. The highest BCUT2D eigenvalue weighted by Crippen LogP contribution is 2.72. The number of amides is 2. The van der Waals surface area contributed by atoms with Gasteiger partial charge in [0, 0.05) is 62.1 Å². The van der Waals surface area contributed by atoms with Crippen molar-refractivity contribution in [1.29, 1.82) is 0 Å². The van der Waals surface area contributed by atoms with E-state index in [1.54, 1.807) is 12.5 Å². The van der Waals surface area contributed by atoms with Crippen molar-refractivity contribution in [2.75, 3.05) is 32.7 Å². The maximum atomic E-state index is 12.7. The van der Waals surface area contributed by atoms with Gasteiger partial charge >= 0.3 is 29.4 Å². The second-order valence-electron chi connectivity index (χ2n) is 25.4. The Hall–Kier alpha value is -4.21. The minimum absolute atomic E-state index is 0.0163. The molecule has 1 unspecified atom stereocenters. The summed E-state index contributed by atoms with van der Waals surface area (Å²) in [6.45, 7) is 12.8. The molecule has 9 fully saturated rings. The molecule has 16 atom stereocenters. The highest BCUT2D eigenvalue weighted by Gasteiger charge is 2.69. The predicted molar refractivity (Wildman–Crippen MR) is 272 cm³/mol. The fraction of sp³-hybridized carbons (Fsp3) is 0.776. The SMILES string of the molecule is C[C@]12CC[C@H](OC(=O)N3CCNCC3)C[C@H]1CC[C@@H]1[C@@H]2CC[C@]2(C)[C@@H](c3ccc(=O)oc3)CC[C@]12O.C[C@]12CC[C@H](OC(=O)NCCCC(=O)O)C[C@H]1CC[C@@H]1[C@@H]2CC[C@]2(C)C(c3ccc(=O)oc3)CC[C@]12O. The van der Waals surface area contributed by atoms with Gasteiger partial charge in [-0.3, -0.25) is 4.79 Å². The smallest absolute Gasteiger partial charge is 0.410 e. The molecule has 73 heavy (non-hydrogen) atoms. The fourth-order valence-corrected chi connectivity index (χ4v) is 18.5. The Morgan fingerprint density at radius 1 is 0.644 bits per heavy atom. The number of alkyl carbamates (subject to hydrolysis) is 1. The summed E-state index contributed by atoms with van der Waals surface area (Å²) in [5.41, 5.74) is -0.124. The zero-order valence-electron chi connectivity index (χ0n) is 43.9. The van der Waals surface area contributed by atoms with Crippen LogP contribution in [0.25, 0.3) is 0 Å². The summed E-state index contributed by atoms with van der Waals surface area (Å²) >= 11 is 0. The summed E-state index contributed by atoms with van der Waals surface area (Å²) in [7, 11) is 0.